The van der Waals surface area contributed by atoms with Crippen LogP contribution in [0.2, 0.25) is 10.0 Å². The van der Waals surface area contributed by atoms with Gasteiger partial charge in [-0.2, -0.15) is 0 Å². The van der Waals surface area contributed by atoms with Gasteiger partial charge in [0.05, 0.1) is 16.4 Å². The van der Waals surface area contributed by atoms with E-state index >= 15 is 0 Å². The summed E-state index contributed by atoms with van der Waals surface area (Å²) in [5.41, 5.74) is 6.65. The number of amides is 1. The molecule has 21 heavy (non-hydrogen) atoms. The molecule has 0 atom stereocenters. The molecule has 0 saturated heterocycles. The minimum absolute atomic E-state index is 0.0760. The quantitative estimate of drug-likeness (QED) is 0.781. The highest BCUT2D eigenvalue weighted by Crippen LogP contribution is 2.32. The van der Waals surface area contributed by atoms with Crippen molar-refractivity contribution in [3.05, 3.63) is 22.2 Å². The summed E-state index contributed by atoms with van der Waals surface area (Å²) >= 11 is 11.9. The Labute approximate surface area is 135 Å². The number of nitrogen functional groups attached to an aromatic ring is 1. The number of carbonyl (C=O) groups is 1. The van der Waals surface area contributed by atoms with Gasteiger partial charge in [-0.05, 0) is 45.0 Å². The predicted molar refractivity (Wildman–Crippen MR) is 89.0 cm³/mol. The van der Waals surface area contributed by atoms with Crippen molar-refractivity contribution in [1.82, 2.24) is 4.90 Å². The van der Waals surface area contributed by atoms with Crippen molar-refractivity contribution in [2.24, 2.45) is 0 Å². The second-order valence-corrected chi connectivity index (χ2v) is 6.41. The average molecular weight is 330 g/mol. The van der Waals surface area contributed by atoms with Crippen molar-refractivity contribution in [3.63, 3.8) is 0 Å². The molecule has 116 valence electrons. The first-order valence-electron chi connectivity index (χ1n) is 7.22. The van der Waals surface area contributed by atoms with Crippen LogP contribution in [0.5, 0.6) is 0 Å². The highest BCUT2D eigenvalue weighted by atomic mass is 35.5. The van der Waals surface area contributed by atoms with Gasteiger partial charge in [0.2, 0.25) is 5.91 Å². The first-order valence-corrected chi connectivity index (χ1v) is 7.97. The third kappa shape index (κ3) is 4.50. The Hall–Kier alpha value is -0.970. The van der Waals surface area contributed by atoms with E-state index in [4.69, 9.17) is 28.9 Å². The molecule has 1 aliphatic rings. The molecule has 1 amide bonds. The number of nitrogens with two attached hydrogens (primary N) is 1. The monoisotopic (exact) mass is 329 g/mol. The van der Waals surface area contributed by atoms with E-state index < -0.39 is 0 Å². The summed E-state index contributed by atoms with van der Waals surface area (Å²) in [6.45, 7) is 0.932. The number of nitrogens with zero attached hydrogens (tertiary/aromatic N) is 1. The zero-order valence-electron chi connectivity index (χ0n) is 12.2. The molecule has 3 N–H and O–H groups in total. The molecule has 0 aromatic heterocycles. The first kappa shape index (κ1) is 16.4. The molecule has 1 fully saturated rings. The number of nitrogens with one attached hydrogen (secondary N) is 1. The Balaban J connectivity index is 1.79. The van der Waals surface area contributed by atoms with E-state index in [0.29, 0.717) is 33.9 Å². The van der Waals surface area contributed by atoms with Crippen molar-refractivity contribution < 1.29 is 4.79 Å². The Kier molecular flexibility index (Phi) is 5.73. The van der Waals surface area contributed by atoms with Gasteiger partial charge in [0.15, 0.2) is 0 Å². The third-order valence-corrected chi connectivity index (χ3v) is 4.48. The van der Waals surface area contributed by atoms with E-state index in [1.54, 1.807) is 12.1 Å². The van der Waals surface area contributed by atoms with Crippen molar-refractivity contribution in [1.29, 1.82) is 0 Å². The van der Waals surface area contributed by atoms with Gasteiger partial charge in [-0.1, -0.05) is 29.6 Å². The zero-order chi connectivity index (χ0) is 15.4. The van der Waals surface area contributed by atoms with E-state index in [-0.39, 0.29) is 5.91 Å². The molecule has 0 unspecified atom stereocenters. The molecule has 0 bridgehead atoms. The molecule has 0 aliphatic heterocycles. The molecule has 1 aliphatic carbocycles. The highest BCUT2D eigenvalue weighted by Gasteiger charge is 2.21. The van der Waals surface area contributed by atoms with Gasteiger partial charge >= 0.3 is 0 Å². The summed E-state index contributed by atoms with van der Waals surface area (Å²) in [4.78, 5) is 14.3. The molecular weight excluding hydrogens is 309 g/mol. The number of hydrogen-bond donors (Lipinski definition) is 2. The Morgan fingerprint density at radius 3 is 2.71 bits per heavy atom. The maximum atomic E-state index is 12.0. The largest absolute Gasteiger partial charge is 0.397 e. The highest BCUT2D eigenvalue weighted by molar-refractivity contribution is 6.37. The van der Waals surface area contributed by atoms with E-state index in [9.17, 15) is 4.79 Å². The van der Waals surface area contributed by atoms with Crippen LogP contribution in [0.1, 0.15) is 32.1 Å². The van der Waals surface area contributed by atoms with Gasteiger partial charge in [-0.25, -0.2) is 0 Å². The van der Waals surface area contributed by atoms with E-state index in [0.717, 1.165) is 13.0 Å². The number of anilines is 2. The second-order valence-electron chi connectivity index (χ2n) is 5.57. The zero-order valence-corrected chi connectivity index (χ0v) is 13.7. The van der Waals surface area contributed by atoms with Gasteiger partial charge < -0.3 is 16.0 Å². The maximum Gasteiger partial charge on any atom is 0.224 e. The maximum absolute atomic E-state index is 12.0. The third-order valence-electron chi connectivity index (χ3n) is 3.96. The molecule has 1 saturated carbocycles. The summed E-state index contributed by atoms with van der Waals surface area (Å²) in [5, 5.41) is 3.58. The Bertz CT molecular complexity index is 495. The van der Waals surface area contributed by atoms with Crippen molar-refractivity contribution in [2.45, 2.75) is 38.1 Å². The van der Waals surface area contributed by atoms with Crippen LogP contribution in [0, 0.1) is 0 Å². The summed E-state index contributed by atoms with van der Waals surface area (Å²) in [7, 11) is 2.12. The van der Waals surface area contributed by atoms with Gasteiger partial charge in [-0.15, -0.1) is 0 Å². The van der Waals surface area contributed by atoms with Gasteiger partial charge in [-0.3, -0.25) is 4.79 Å². The second kappa shape index (κ2) is 7.34. The molecule has 0 heterocycles. The van der Waals surface area contributed by atoms with Crippen LogP contribution < -0.4 is 11.1 Å². The minimum Gasteiger partial charge on any atom is -0.397 e. The molecule has 2 rings (SSSR count). The van der Waals surface area contributed by atoms with Crippen LogP contribution in [-0.4, -0.2) is 30.4 Å². The summed E-state index contributed by atoms with van der Waals surface area (Å²) in [6, 6.07) is 3.85. The Morgan fingerprint density at radius 2 is 2.14 bits per heavy atom. The normalized spacial score (nSPS) is 15.0. The number of halogens is 2. The van der Waals surface area contributed by atoms with Crippen molar-refractivity contribution in [3.8, 4) is 0 Å². The van der Waals surface area contributed by atoms with Crippen LogP contribution in [0.4, 0.5) is 11.4 Å². The van der Waals surface area contributed by atoms with Crippen molar-refractivity contribution >= 4 is 40.5 Å². The topological polar surface area (TPSA) is 58.4 Å². The van der Waals surface area contributed by atoms with Gasteiger partial charge in [0, 0.05) is 17.5 Å². The molecule has 0 radical (unpaired) electrons. The fourth-order valence-corrected chi connectivity index (χ4v) is 2.98. The minimum atomic E-state index is -0.0760. The lowest BCUT2D eigenvalue weighted by Crippen LogP contribution is -2.37. The lowest BCUT2D eigenvalue weighted by Gasteiger charge is -2.34. The predicted octanol–water partition coefficient (Wildman–Crippen LogP) is 3.78. The lowest BCUT2D eigenvalue weighted by molar-refractivity contribution is -0.116. The average Bonchev–Trinajstić information content (AvgIpc) is 2.31. The van der Waals surface area contributed by atoms with Crippen LogP contribution in [0.25, 0.3) is 0 Å². The summed E-state index contributed by atoms with van der Waals surface area (Å²) < 4.78 is 0. The van der Waals surface area contributed by atoms with E-state index in [1.165, 1.54) is 19.3 Å². The molecule has 6 heteroatoms. The summed E-state index contributed by atoms with van der Waals surface area (Å²) in [5.74, 6) is -0.0760. The van der Waals surface area contributed by atoms with E-state index in [2.05, 4.69) is 17.3 Å². The van der Waals surface area contributed by atoms with Crippen LogP contribution in [0.3, 0.4) is 0 Å². The SMILES string of the molecule is CN(CCCC(=O)Nc1c(N)cc(Cl)cc1Cl)C1CCC1. The van der Waals surface area contributed by atoms with Gasteiger partial charge in [0.25, 0.3) is 0 Å². The van der Waals surface area contributed by atoms with Crippen molar-refractivity contribution in [2.75, 3.05) is 24.6 Å². The standard InChI is InChI=1S/C15H21Cl2N3O/c1-20(11-4-2-5-11)7-3-6-14(21)19-15-12(17)8-10(16)9-13(15)18/h8-9,11H,2-7,18H2,1H3,(H,19,21). The number of hydrogen-bond acceptors (Lipinski definition) is 3. The smallest absolute Gasteiger partial charge is 0.224 e. The number of carbonyl (C=O) groups excluding carboxylic acids is 1. The fourth-order valence-electron chi connectivity index (χ4n) is 2.43. The number of benzene rings is 1. The molecule has 1 aromatic rings. The van der Waals surface area contributed by atoms with E-state index in [1.807, 2.05) is 0 Å². The summed E-state index contributed by atoms with van der Waals surface area (Å²) in [6.07, 6.45) is 5.16. The molecule has 0 spiro atoms. The fraction of sp³-hybridized carbons (Fsp3) is 0.533. The number of rotatable bonds is 6. The Morgan fingerprint density at radius 1 is 1.43 bits per heavy atom. The first-order chi connectivity index (χ1) is 9.97. The lowest BCUT2D eigenvalue weighted by atomic mass is 9.92. The van der Waals surface area contributed by atoms with Gasteiger partial charge in [0.1, 0.15) is 0 Å². The van der Waals surface area contributed by atoms with Crippen LogP contribution in [0.15, 0.2) is 12.1 Å². The molecule has 1 aromatic carbocycles. The van der Waals surface area contributed by atoms with Crippen LogP contribution in [-0.2, 0) is 4.79 Å². The van der Waals surface area contributed by atoms with Crippen LogP contribution >= 0.6 is 23.2 Å². The molecule has 4 nitrogen and oxygen atoms in total. The molecular formula is C15H21Cl2N3O.